The van der Waals surface area contributed by atoms with Crippen LogP contribution in [0.4, 0.5) is 0 Å². The lowest BCUT2D eigenvalue weighted by Gasteiger charge is -2.18. The molecular formula is C17H20O6. The van der Waals surface area contributed by atoms with Gasteiger partial charge < -0.3 is 18.9 Å². The van der Waals surface area contributed by atoms with E-state index in [1.165, 1.54) is 27.4 Å². The monoisotopic (exact) mass is 320 g/mol. The number of carbonyl (C=O) groups excluding carboxylic acids is 2. The summed E-state index contributed by atoms with van der Waals surface area (Å²) in [5.41, 5.74) is 0.378. The normalized spacial score (nSPS) is 11.0. The number of ether oxygens (including phenoxy) is 4. The van der Waals surface area contributed by atoms with Gasteiger partial charge in [-0.2, -0.15) is 0 Å². The first-order chi connectivity index (χ1) is 11.1. The zero-order valence-electron chi connectivity index (χ0n) is 13.5. The SMILES string of the molecule is C#CC(CCCC(=O)OC)Oc1cc(C=O)cc(OC)c1OC. The van der Waals surface area contributed by atoms with E-state index in [4.69, 9.17) is 20.6 Å². The fourth-order valence-electron chi connectivity index (χ4n) is 1.97. The van der Waals surface area contributed by atoms with Gasteiger partial charge in [0.05, 0.1) is 21.3 Å². The van der Waals surface area contributed by atoms with Crippen molar-refractivity contribution in [2.75, 3.05) is 21.3 Å². The Bertz CT molecular complexity index is 587. The van der Waals surface area contributed by atoms with Crippen molar-refractivity contribution in [3.8, 4) is 29.6 Å². The maximum Gasteiger partial charge on any atom is 0.305 e. The second kappa shape index (κ2) is 9.36. The van der Waals surface area contributed by atoms with Gasteiger partial charge >= 0.3 is 5.97 Å². The first-order valence-electron chi connectivity index (χ1n) is 7.00. The Kier molecular flexibility index (Phi) is 7.48. The van der Waals surface area contributed by atoms with Crippen molar-refractivity contribution in [3.05, 3.63) is 17.7 Å². The van der Waals surface area contributed by atoms with Gasteiger partial charge in [-0.15, -0.1) is 6.42 Å². The summed E-state index contributed by atoms with van der Waals surface area (Å²) in [6.07, 6.45) is 6.82. The number of hydrogen-bond donors (Lipinski definition) is 0. The Morgan fingerprint density at radius 2 is 1.96 bits per heavy atom. The molecule has 1 aromatic rings. The summed E-state index contributed by atoms with van der Waals surface area (Å²) in [4.78, 5) is 22.1. The predicted octanol–water partition coefficient (Wildman–Crippen LogP) is 2.24. The Hall–Kier alpha value is -2.68. The van der Waals surface area contributed by atoms with Crippen LogP contribution in [0.5, 0.6) is 17.2 Å². The van der Waals surface area contributed by atoms with Gasteiger partial charge in [0.25, 0.3) is 0 Å². The van der Waals surface area contributed by atoms with E-state index in [1.54, 1.807) is 6.07 Å². The Balaban J connectivity index is 2.89. The summed E-state index contributed by atoms with van der Waals surface area (Å²) >= 11 is 0. The van der Waals surface area contributed by atoms with E-state index in [1.807, 2.05) is 0 Å². The van der Waals surface area contributed by atoms with Crippen molar-refractivity contribution < 1.29 is 28.5 Å². The minimum Gasteiger partial charge on any atom is -0.493 e. The highest BCUT2D eigenvalue weighted by Crippen LogP contribution is 2.38. The molecule has 1 unspecified atom stereocenters. The molecule has 1 aromatic carbocycles. The zero-order valence-corrected chi connectivity index (χ0v) is 13.5. The Morgan fingerprint density at radius 3 is 2.48 bits per heavy atom. The van der Waals surface area contributed by atoms with Gasteiger partial charge in [0.15, 0.2) is 17.6 Å². The molecule has 0 saturated heterocycles. The number of esters is 1. The van der Waals surface area contributed by atoms with Crippen molar-refractivity contribution in [1.29, 1.82) is 0 Å². The van der Waals surface area contributed by atoms with Gasteiger partial charge in [-0.25, -0.2) is 0 Å². The molecule has 1 rings (SSSR count). The van der Waals surface area contributed by atoms with Crippen LogP contribution in [0.25, 0.3) is 0 Å². The molecule has 0 N–H and O–H groups in total. The average Bonchev–Trinajstić information content (AvgIpc) is 2.59. The molecule has 0 fully saturated rings. The predicted molar refractivity (Wildman–Crippen MR) is 84.0 cm³/mol. The molecule has 0 saturated carbocycles. The lowest BCUT2D eigenvalue weighted by molar-refractivity contribution is -0.140. The first kappa shape index (κ1) is 18.4. The van der Waals surface area contributed by atoms with Crippen molar-refractivity contribution in [2.45, 2.75) is 25.4 Å². The molecule has 0 aromatic heterocycles. The molecule has 6 heteroatoms. The van der Waals surface area contributed by atoms with Crippen LogP contribution in [0, 0.1) is 12.3 Å². The fraction of sp³-hybridized carbons (Fsp3) is 0.412. The summed E-state index contributed by atoms with van der Waals surface area (Å²) in [5.74, 6) is 3.25. The molecule has 23 heavy (non-hydrogen) atoms. The van der Waals surface area contributed by atoms with Crippen LogP contribution < -0.4 is 14.2 Å². The molecule has 6 nitrogen and oxygen atoms in total. The molecule has 124 valence electrons. The number of benzene rings is 1. The second-order valence-corrected chi connectivity index (χ2v) is 4.61. The third-order valence-corrected chi connectivity index (χ3v) is 3.13. The molecule has 0 heterocycles. The quantitative estimate of drug-likeness (QED) is 0.395. The maximum absolute atomic E-state index is 11.1. The smallest absolute Gasteiger partial charge is 0.305 e. The average molecular weight is 320 g/mol. The summed E-state index contributed by atoms with van der Waals surface area (Å²) in [6, 6.07) is 3.07. The zero-order chi connectivity index (χ0) is 17.2. The number of hydrogen-bond acceptors (Lipinski definition) is 6. The van der Waals surface area contributed by atoms with E-state index in [0.717, 1.165) is 0 Å². The van der Waals surface area contributed by atoms with E-state index in [2.05, 4.69) is 10.7 Å². The second-order valence-electron chi connectivity index (χ2n) is 4.61. The number of carbonyl (C=O) groups is 2. The lowest BCUT2D eigenvalue weighted by atomic mass is 10.1. The van der Waals surface area contributed by atoms with Gasteiger partial charge in [-0.05, 0) is 25.0 Å². The fourth-order valence-corrected chi connectivity index (χ4v) is 1.97. The van der Waals surface area contributed by atoms with Crippen LogP contribution in [0.3, 0.4) is 0 Å². The highest BCUT2D eigenvalue weighted by atomic mass is 16.5. The van der Waals surface area contributed by atoms with Gasteiger partial charge in [-0.3, -0.25) is 9.59 Å². The molecule has 0 bridgehead atoms. The van der Waals surface area contributed by atoms with E-state index >= 15 is 0 Å². The topological polar surface area (TPSA) is 71.1 Å². The van der Waals surface area contributed by atoms with Crippen LogP contribution >= 0.6 is 0 Å². The molecule has 0 aliphatic heterocycles. The molecule has 0 aliphatic carbocycles. The van der Waals surface area contributed by atoms with Crippen molar-refractivity contribution in [3.63, 3.8) is 0 Å². The first-order valence-corrected chi connectivity index (χ1v) is 7.00. The molecule has 0 amide bonds. The summed E-state index contributed by atoms with van der Waals surface area (Å²) in [6.45, 7) is 0. The number of rotatable bonds is 9. The van der Waals surface area contributed by atoms with Crippen LogP contribution in [0.1, 0.15) is 29.6 Å². The van der Waals surface area contributed by atoms with E-state index in [0.29, 0.717) is 41.9 Å². The Morgan fingerprint density at radius 1 is 1.26 bits per heavy atom. The number of terminal acetylenes is 1. The van der Waals surface area contributed by atoms with Gasteiger partial charge in [0.2, 0.25) is 5.75 Å². The van der Waals surface area contributed by atoms with Gasteiger partial charge in [-0.1, -0.05) is 5.92 Å². The molecule has 0 spiro atoms. The van der Waals surface area contributed by atoms with Crippen molar-refractivity contribution in [2.24, 2.45) is 0 Å². The molecule has 1 atom stereocenters. The summed E-state index contributed by atoms with van der Waals surface area (Å²) in [7, 11) is 4.26. The number of aldehydes is 1. The van der Waals surface area contributed by atoms with E-state index < -0.39 is 6.10 Å². The third-order valence-electron chi connectivity index (χ3n) is 3.13. The standard InChI is InChI=1S/C17H20O6/c1-5-13(7-6-8-16(19)21-3)23-15-10-12(11-18)9-14(20-2)17(15)22-4/h1,9-11,13H,6-8H2,2-4H3. The van der Waals surface area contributed by atoms with E-state index in [9.17, 15) is 9.59 Å². The van der Waals surface area contributed by atoms with Crippen LogP contribution in [-0.4, -0.2) is 39.7 Å². The van der Waals surface area contributed by atoms with Crippen molar-refractivity contribution in [1.82, 2.24) is 0 Å². The maximum atomic E-state index is 11.1. The van der Waals surface area contributed by atoms with Crippen LogP contribution in [-0.2, 0) is 9.53 Å². The highest BCUT2D eigenvalue weighted by Gasteiger charge is 2.17. The lowest BCUT2D eigenvalue weighted by Crippen LogP contribution is -2.15. The van der Waals surface area contributed by atoms with Gasteiger partial charge in [0, 0.05) is 12.0 Å². The third kappa shape index (κ3) is 5.22. The molecule has 0 aliphatic rings. The molecule has 0 radical (unpaired) electrons. The summed E-state index contributed by atoms with van der Waals surface area (Å²) < 4.78 is 20.8. The van der Waals surface area contributed by atoms with Crippen molar-refractivity contribution >= 4 is 12.3 Å². The Labute approximate surface area is 135 Å². The summed E-state index contributed by atoms with van der Waals surface area (Å²) in [5, 5.41) is 0. The number of methoxy groups -OCH3 is 3. The minimum absolute atomic E-state index is 0.257. The molecular weight excluding hydrogens is 300 g/mol. The highest BCUT2D eigenvalue weighted by molar-refractivity contribution is 5.78. The van der Waals surface area contributed by atoms with E-state index in [-0.39, 0.29) is 12.4 Å². The minimum atomic E-state index is -0.569. The van der Waals surface area contributed by atoms with Gasteiger partial charge in [0.1, 0.15) is 6.29 Å². The largest absolute Gasteiger partial charge is 0.493 e. The van der Waals surface area contributed by atoms with Crippen LogP contribution in [0.2, 0.25) is 0 Å². The van der Waals surface area contributed by atoms with Crippen LogP contribution in [0.15, 0.2) is 12.1 Å².